The molecule has 2 heterocycles. The number of hydrogen-bond donors (Lipinski definition) is 1. The number of ether oxygens (including phenoxy) is 2. The minimum absolute atomic E-state index is 0.0185. The highest BCUT2D eigenvalue weighted by Crippen LogP contribution is 2.30. The van der Waals surface area contributed by atoms with E-state index in [1.165, 1.54) is 24.5 Å². The molecule has 0 fully saturated rings. The largest absolute Gasteiger partial charge is 0.494 e. The molecule has 0 spiro atoms. The molecule has 3 rings (SSSR count). The van der Waals surface area contributed by atoms with Crippen molar-refractivity contribution in [1.82, 2.24) is 9.71 Å². The van der Waals surface area contributed by atoms with Crippen molar-refractivity contribution in [2.24, 2.45) is 0 Å². The lowest BCUT2D eigenvalue weighted by Gasteiger charge is -2.18. The molecule has 1 amide bonds. The number of sulfonamides is 1. The van der Waals surface area contributed by atoms with Gasteiger partial charge in [-0.2, -0.15) is 0 Å². The zero-order valence-electron chi connectivity index (χ0n) is 13.4. The number of aromatic nitrogens is 1. The quantitative estimate of drug-likeness (QED) is 0.873. The van der Waals surface area contributed by atoms with Crippen LogP contribution in [0.25, 0.3) is 6.08 Å². The van der Waals surface area contributed by atoms with E-state index in [1.54, 1.807) is 24.3 Å². The molecule has 1 aromatic carbocycles. The van der Waals surface area contributed by atoms with Crippen LogP contribution in [0.15, 0.2) is 53.2 Å². The Kier molecular flexibility index (Phi) is 4.71. The van der Waals surface area contributed by atoms with Crippen molar-refractivity contribution in [2.45, 2.75) is 11.8 Å². The van der Waals surface area contributed by atoms with Crippen LogP contribution < -0.4 is 14.2 Å². The van der Waals surface area contributed by atoms with Crippen molar-refractivity contribution in [3.63, 3.8) is 0 Å². The van der Waals surface area contributed by atoms with Crippen molar-refractivity contribution in [1.29, 1.82) is 0 Å². The Balaban J connectivity index is 1.82. The maximum absolute atomic E-state index is 12.3. The molecule has 1 aliphatic heterocycles. The zero-order chi connectivity index (χ0) is 17.9. The van der Waals surface area contributed by atoms with Crippen LogP contribution in [0, 0.1) is 0 Å². The Morgan fingerprint density at radius 1 is 1.36 bits per heavy atom. The van der Waals surface area contributed by atoms with Gasteiger partial charge in [0.1, 0.15) is 23.0 Å². The van der Waals surface area contributed by atoms with Crippen LogP contribution in [0.4, 0.5) is 0 Å². The van der Waals surface area contributed by atoms with E-state index >= 15 is 0 Å². The smallest absolute Gasteiger partial charge is 0.265 e. The van der Waals surface area contributed by atoms with Gasteiger partial charge < -0.3 is 9.47 Å². The lowest BCUT2D eigenvalue weighted by atomic mass is 10.1. The highest BCUT2D eigenvalue weighted by Gasteiger charge is 2.23. The van der Waals surface area contributed by atoms with E-state index in [1.807, 2.05) is 11.6 Å². The number of amides is 1. The lowest BCUT2D eigenvalue weighted by Crippen LogP contribution is -2.33. The van der Waals surface area contributed by atoms with Crippen LogP contribution >= 0.6 is 0 Å². The minimum atomic E-state index is -3.99. The van der Waals surface area contributed by atoms with E-state index < -0.39 is 15.9 Å². The number of carbonyl (C=O) groups excluding carboxylic acids is 1. The second-order valence-corrected chi connectivity index (χ2v) is 6.90. The maximum Gasteiger partial charge on any atom is 0.265 e. The van der Waals surface area contributed by atoms with Gasteiger partial charge in [-0.15, -0.1) is 0 Å². The predicted octanol–water partition coefficient (Wildman–Crippen LogP) is 1.76. The fourth-order valence-corrected chi connectivity index (χ4v) is 3.25. The number of pyridine rings is 1. The summed E-state index contributed by atoms with van der Waals surface area (Å²) in [6.45, 7) is 2.36. The zero-order valence-corrected chi connectivity index (χ0v) is 14.2. The standard InChI is InChI=1S/C17H16N2O5S/c1-2-23-14-5-6-16-12(9-14)8-13(11-24-16)17(20)19-25(21,22)15-4-3-7-18-10-15/h3-10H,2,11H2,1H3,(H,19,20). The third kappa shape index (κ3) is 3.80. The first-order chi connectivity index (χ1) is 12.0. The first-order valence-corrected chi connectivity index (χ1v) is 9.05. The van der Waals surface area contributed by atoms with Gasteiger partial charge in [0.25, 0.3) is 15.9 Å². The third-order valence-electron chi connectivity index (χ3n) is 3.47. The van der Waals surface area contributed by atoms with E-state index in [9.17, 15) is 13.2 Å². The number of rotatable bonds is 5. The SMILES string of the molecule is CCOc1ccc2c(c1)C=C(C(=O)NS(=O)(=O)c1cccnc1)CO2. The molecule has 1 N–H and O–H groups in total. The van der Waals surface area contributed by atoms with E-state index in [0.717, 1.165) is 0 Å². The van der Waals surface area contributed by atoms with Crippen LogP contribution in [0.3, 0.4) is 0 Å². The molecule has 7 nitrogen and oxygen atoms in total. The van der Waals surface area contributed by atoms with Crippen molar-refractivity contribution in [3.8, 4) is 11.5 Å². The summed E-state index contributed by atoms with van der Waals surface area (Å²) < 4.78 is 37.4. The number of nitrogens with zero attached hydrogens (tertiary/aromatic N) is 1. The minimum Gasteiger partial charge on any atom is -0.494 e. The molecule has 25 heavy (non-hydrogen) atoms. The highest BCUT2D eigenvalue weighted by molar-refractivity contribution is 7.90. The summed E-state index contributed by atoms with van der Waals surface area (Å²) in [4.78, 5) is 16.0. The molecule has 1 aromatic heterocycles. The molecule has 0 bridgehead atoms. The fraction of sp³-hybridized carbons (Fsp3) is 0.176. The second kappa shape index (κ2) is 6.94. The maximum atomic E-state index is 12.3. The average Bonchev–Trinajstić information content (AvgIpc) is 2.62. The Morgan fingerprint density at radius 2 is 2.20 bits per heavy atom. The molecule has 130 valence electrons. The molecular weight excluding hydrogens is 344 g/mol. The molecule has 8 heteroatoms. The normalized spacial score (nSPS) is 13.2. The van der Waals surface area contributed by atoms with Crippen molar-refractivity contribution < 1.29 is 22.7 Å². The monoisotopic (exact) mass is 360 g/mol. The Bertz CT molecular complexity index is 923. The van der Waals surface area contributed by atoms with Crippen LogP contribution in [-0.2, 0) is 14.8 Å². The van der Waals surface area contributed by atoms with Gasteiger partial charge >= 0.3 is 0 Å². The van der Waals surface area contributed by atoms with Crippen molar-refractivity contribution in [3.05, 3.63) is 53.9 Å². The molecule has 0 atom stereocenters. The van der Waals surface area contributed by atoms with Gasteiger partial charge in [-0.3, -0.25) is 9.78 Å². The highest BCUT2D eigenvalue weighted by atomic mass is 32.2. The van der Waals surface area contributed by atoms with E-state index in [2.05, 4.69) is 4.98 Å². The molecular formula is C17H16N2O5S. The van der Waals surface area contributed by atoms with Crippen LogP contribution in [0.1, 0.15) is 12.5 Å². The number of benzene rings is 1. The Hall–Kier alpha value is -2.87. The molecule has 0 saturated heterocycles. The van der Waals surface area contributed by atoms with Gasteiger partial charge in [0.15, 0.2) is 0 Å². The number of hydrogen-bond acceptors (Lipinski definition) is 6. The Morgan fingerprint density at radius 3 is 2.92 bits per heavy atom. The number of fused-ring (bicyclic) bond motifs is 1. The summed E-state index contributed by atoms with van der Waals surface area (Å²) in [5, 5.41) is 0. The van der Waals surface area contributed by atoms with Crippen LogP contribution in [-0.4, -0.2) is 32.5 Å². The summed E-state index contributed by atoms with van der Waals surface area (Å²) in [7, 11) is -3.99. The summed E-state index contributed by atoms with van der Waals surface area (Å²) in [5.41, 5.74) is 0.856. The molecule has 1 aliphatic rings. The molecule has 0 saturated carbocycles. The second-order valence-electron chi connectivity index (χ2n) is 5.21. The van der Waals surface area contributed by atoms with Crippen molar-refractivity contribution in [2.75, 3.05) is 13.2 Å². The lowest BCUT2D eigenvalue weighted by molar-refractivity contribution is -0.116. The summed E-state index contributed by atoms with van der Waals surface area (Å²) >= 11 is 0. The van der Waals surface area contributed by atoms with Gasteiger partial charge in [-0.1, -0.05) is 0 Å². The molecule has 0 unspecified atom stereocenters. The fourth-order valence-electron chi connectivity index (χ4n) is 2.30. The van der Waals surface area contributed by atoms with Crippen LogP contribution in [0.2, 0.25) is 0 Å². The van der Waals surface area contributed by atoms with Gasteiger partial charge in [0.05, 0.1) is 12.2 Å². The van der Waals surface area contributed by atoms with Gasteiger partial charge in [0.2, 0.25) is 0 Å². The van der Waals surface area contributed by atoms with Gasteiger partial charge in [0, 0.05) is 18.0 Å². The van der Waals surface area contributed by atoms with Crippen LogP contribution in [0.5, 0.6) is 11.5 Å². The predicted molar refractivity (Wildman–Crippen MR) is 90.6 cm³/mol. The summed E-state index contributed by atoms with van der Waals surface area (Å²) in [5.74, 6) is 0.511. The van der Waals surface area contributed by atoms with E-state index in [-0.39, 0.29) is 17.1 Å². The average molecular weight is 360 g/mol. The van der Waals surface area contributed by atoms with Gasteiger partial charge in [-0.05, 0) is 43.3 Å². The van der Waals surface area contributed by atoms with Gasteiger partial charge in [-0.25, -0.2) is 13.1 Å². The molecule has 0 radical (unpaired) electrons. The summed E-state index contributed by atoms with van der Waals surface area (Å²) in [6.07, 6.45) is 4.21. The number of nitrogens with one attached hydrogen (secondary N) is 1. The molecule has 0 aliphatic carbocycles. The summed E-state index contributed by atoms with van der Waals surface area (Å²) in [6, 6.07) is 8.10. The first-order valence-electron chi connectivity index (χ1n) is 7.57. The first kappa shape index (κ1) is 17.0. The van der Waals surface area contributed by atoms with E-state index in [0.29, 0.717) is 23.7 Å². The Labute approximate surface area is 145 Å². The third-order valence-corrected chi connectivity index (χ3v) is 4.78. The molecule has 2 aromatic rings. The van der Waals surface area contributed by atoms with E-state index in [4.69, 9.17) is 9.47 Å². The number of carbonyl (C=O) groups is 1. The topological polar surface area (TPSA) is 94.6 Å². The van der Waals surface area contributed by atoms with Crippen molar-refractivity contribution >= 4 is 22.0 Å².